The number of rotatable bonds is 5. The van der Waals surface area contributed by atoms with Crippen LogP contribution in [-0.4, -0.2) is 31.9 Å². The van der Waals surface area contributed by atoms with Crippen LogP contribution >= 0.6 is 11.6 Å². The van der Waals surface area contributed by atoms with Crippen LogP contribution in [0.15, 0.2) is 97.2 Å². The summed E-state index contributed by atoms with van der Waals surface area (Å²) in [6, 6.07) is 28.6. The summed E-state index contributed by atoms with van der Waals surface area (Å²) in [7, 11) is 0. The Morgan fingerprint density at radius 2 is 1.82 bits per heavy atom. The Bertz CT molecular complexity index is 1640. The first-order valence-corrected chi connectivity index (χ1v) is 13.3. The topological polar surface area (TPSA) is 64.3 Å². The van der Waals surface area contributed by atoms with Gasteiger partial charge in [0.25, 0.3) is 0 Å². The maximum absolute atomic E-state index is 14.2. The van der Waals surface area contributed by atoms with Crippen LogP contribution in [0.25, 0.3) is 11.5 Å². The molecule has 1 atom stereocenters. The molecular weight excluding hydrogens is 510 g/mol. The fourth-order valence-electron chi connectivity index (χ4n) is 5.21. The maximum atomic E-state index is 14.2. The van der Waals surface area contributed by atoms with Gasteiger partial charge in [0.2, 0.25) is 0 Å². The highest BCUT2D eigenvalue weighted by Gasteiger charge is 2.36. The lowest BCUT2D eigenvalue weighted by Gasteiger charge is -2.31. The second kappa shape index (κ2) is 10.3. The Balaban J connectivity index is 1.52. The van der Waals surface area contributed by atoms with Crippen molar-refractivity contribution in [2.24, 2.45) is 0 Å². The van der Waals surface area contributed by atoms with Crippen molar-refractivity contribution < 1.29 is 9.53 Å². The molecule has 0 aliphatic carbocycles. The second-order valence-electron chi connectivity index (χ2n) is 9.38. The Morgan fingerprint density at radius 1 is 1.03 bits per heavy atom. The Labute approximate surface area is 232 Å². The first-order valence-electron chi connectivity index (χ1n) is 12.9. The third-order valence-corrected chi connectivity index (χ3v) is 7.18. The number of anilines is 1. The number of carbonyl (C=O) groups excluding carboxylic acids is 1. The van der Waals surface area contributed by atoms with Crippen LogP contribution in [0, 0.1) is 6.92 Å². The van der Waals surface area contributed by atoms with Gasteiger partial charge in [-0.25, -0.2) is 9.48 Å². The van der Waals surface area contributed by atoms with Crippen LogP contribution in [0.5, 0.6) is 5.75 Å². The summed E-state index contributed by atoms with van der Waals surface area (Å²) >= 11 is 6.46. The van der Waals surface area contributed by atoms with E-state index in [-0.39, 0.29) is 6.03 Å². The molecule has 0 saturated carbocycles. The van der Waals surface area contributed by atoms with Crippen LogP contribution in [0.3, 0.4) is 0 Å². The van der Waals surface area contributed by atoms with Gasteiger partial charge in [-0.3, -0.25) is 0 Å². The zero-order valence-corrected chi connectivity index (χ0v) is 22.5. The molecule has 6 rings (SSSR count). The number of benzene rings is 3. The number of ether oxygens (including phenoxy) is 1. The van der Waals surface area contributed by atoms with E-state index in [1.165, 1.54) is 0 Å². The Hall–Kier alpha value is -4.49. The van der Waals surface area contributed by atoms with E-state index in [1.54, 1.807) is 0 Å². The minimum absolute atomic E-state index is 0.250. The van der Waals surface area contributed by atoms with Gasteiger partial charge < -0.3 is 19.5 Å². The third-order valence-electron chi connectivity index (χ3n) is 6.94. The minimum atomic E-state index is -0.408. The van der Waals surface area contributed by atoms with Gasteiger partial charge in [0.05, 0.1) is 42.0 Å². The van der Waals surface area contributed by atoms with Crippen LogP contribution < -0.4 is 10.1 Å². The van der Waals surface area contributed by atoms with Gasteiger partial charge in [-0.15, -0.1) is 0 Å². The van der Waals surface area contributed by atoms with Crippen LogP contribution in [0.2, 0.25) is 5.02 Å². The van der Waals surface area contributed by atoms with Crippen molar-refractivity contribution in [3.63, 3.8) is 0 Å². The first kappa shape index (κ1) is 24.8. The first-order chi connectivity index (χ1) is 19.0. The summed E-state index contributed by atoms with van der Waals surface area (Å²) in [5.74, 6) is 1.54. The second-order valence-corrected chi connectivity index (χ2v) is 9.82. The number of para-hydroxylation sites is 3. The van der Waals surface area contributed by atoms with E-state index in [1.807, 2.05) is 121 Å². The molecule has 2 aromatic heterocycles. The number of halogens is 1. The molecule has 0 unspecified atom stereocenters. The minimum Gasteiger partial charge on any atom is -0.492 e. The van der Waals surface area contributed by atoms with Gasteiger partial charge in [-0.1, -0.05) is 54.1 Å². The highest BCUT2D eigenvalue weighted by molar-refractivity contribution is 6.30. The van der Waals surface area contributed by atoms with Crippen molar-refractivity contribution in [3.05, 3.63) is 125 Å². The summed E-state index contributed by atoms with van der Waals surface area (Å²) in [6.45, 7) is 4.75. The van der Waals surface area contributed by atoms with Crippen molar-refractivity contribution in [1.29, 1.82) is 0 Å². The Kier molecular flexibility index (Phi) is 6.59. The van der Waals surface area contributed by atoms with Crippen molar-refractivity contribution in [1.82, 2.24) is 19.2 Å². The fraction of sp³-hybridized carbons (Fsp3) is 0.161. The predicted octanol–water partition coefficient (Wildman–Crippen LogP) is 7.16. The van der Waals surface area contributed by atoms with Gasteiger partial charge in [0.15, 0.2) is 0 Å². The summed E-state index contributed by atoms with van der Waals surface area (Å²) in [5, 5.41) is 8.63. The van der Waals surface area contributed by atoms with Crippen molar-refractivity contribution in [3.8, 4) is 17.3 Å². The number of amides is 2. The molecule has 196 valence electrons. The lowest BCUT2D eigenvalue weighted by atomic mass is 10.0. The van der Waals surface area contributed by atoms with Crippen LogP contribution in [0.1, 0.15) is 35.5 Å². The zero-order valence-electron chi connectivity index (χ0n) is 21.7. The smallest absolute Gasteiger partial charge is 0.323 e. The van der Waals surface area contributed by atoms with Gasteiger partial charge in [0, 0.05) is 16.8 Å². The number of hydrogen-bond acceptors (Lipinski definition) is 3. The fourth-order valence-corrected chi connectivity index (χ4v) is 5.41. The van der Waals surface area contributed by atoms with E-state index in [2.05, 4.69) is 9.88 Å². The highest BCUT2D eigenvalue weighted by atomic mass is 35.5. The van der Waals surface area contributed by atoms with Gasteiger partial charge in [-0.05, 0) is 67.9 Å². The molecule has 3 heterocycles. The average Bonchev–Trinajstić information content (AvgIpc) is 3.50. The van der Waals surface area contributed by atoms with Crippen LogP contribution in [0.4, 0.5) is 10.5 Å². The molecule has 1 aliphatic heterocycles. The standard InChI is InChI=1S/C31H28ClN5O2/c1-3-39-28-17-8-7-15-26(28)33-31(38)36-20-25-21(2)34-37(24-13-5-4-6-14-24)30(25)35-18-10-16-27(35)29(36)22-11-9-12-23(32)19-22/h4-19,29H,3,20H2,1-2H3,(H,33,38)/t29-/m1/s1. The normalized spacial score (nSPS) is 14.3. The van der Waals surface area contributed by atoms with E-state index >= 15 is 0 Å². The predicted molar refractivity (Wildman–Crippen MR) is 153 cm³/mol. The molecule has 0 fully saturated rings. The van der Waals surface area contributed by atoms with Gasteiger partial charge in [-0.2, -0.15) is 5.10 Å². The Morgan fingerprint density at radius 3 is 2.62 bits per heavy atom. The molecule has 0 radical (unpaired) electrons. The monoisotopic (exact) mass is 537 g/mol. The van der Waals surface area contributed by atoms with Crippen molar-refractivity contribution in [2.45, 2.75) is 26.4 Å². The van der Waals surface area contributed by atoms with E-state index < -0.39 is 6.04 Å². The molecule has 7 nitrogen and oxygen atoms in total. The van der Waals surface area contributed by atoms with Crippen LogP contribution in [-0.2, 0) is 6.54 Å². The maximum Gasteiger partial charge on any atom is 0.323 e. The third kappa shape index (κ3) is 4.55. The number of carbonyl (C=O) groups is 1. The SMILES string of the molecule is CCOc1ccccc1NC(=O)N1Cc2c(C)nn(-c3ccccc3)c2-n2cccc2[C@H]1c1cccc(Cl)c1. The van der Waals surface area contributed by atoms with Gasteiger partial charge >= 0.3 is 6.03 Å². The molecule has 2 amide bonds. The summed E-state index contributed by atoms with van der Waals surface area (Å²) < 4.78 is 9.87. The molecule has 0 spiro atoms. The molecular formula is C31H28ClN5O2. The van der Waals surface area contributed by atoms with Crippen molar-refractivity contribution in [2.75, 3.05) is 11.9 Å². The van der Waals surface area contributed by atoms with Crippen molar-refractivity contribution >= 4 is 23.3 Å². The van der Waals surface area contributed by atoms with E-state index in [0.29, 0.717) is 29.6 Å². The lowest BCUT2D eigenvalue weighted by Crippen LogP contribution is -2.38. The molecule has 5 aromatic rings. The summed E-state index contributed by atoms with van der Waals surface area (Å²) in [6.07, 6.45) is 2.03. The number of hydrogen-bond donors (Lipinski definition) is 1. The number of nitrogens with zero attached hydrogens (tertiary/aromatic N) is 4. The number of aromatic nitrogens is 3. The highest BCUT2D eigenvalue weighted by Crippen LogP contribution is 2.39. The molecule has 39 heavy (non-hydrogen) atoms. The molecule has 0 saturated heterocycles. The number of fused-ring (bicyclic) bond motifs is 3. The van der Waals surface area contributed by atoms with E-state index in [0.717, 1.165) is 34.0 Å². The molecule has 3 aromatic carbocycles. The number of nitrogens with one attached hydrogen (secondary N) is 1. The number of urea groups is 1. The number of aryl methyl sites for hydroxylation is 1. The molecule has 1 N–H and O–H groups in total. The zero-order chi connectivity index (χ0) is 26.9. The lowest BCUT2D eigenvalue weighted by molar-refractivity contribution is 0.194. The molecule has 1 aliphatic rings. The molecule has 0 bridgehead atoms. The van der Waals surface area contributed by atoms with E-state index in [4.69, 9.17) is 21.4 Å². The largest absolute Gasteiger partial charge is 0.492 e. The van der Waals surface area contributed by atoms with Gasteiger partial charge in [0.1, 0.15) is 11.6 Å². The quantitative estimate of drug-likeness (QED) is 0.259. The summed E-state index contributed by atoms with van der Waals surface area (Å²) in [5.41, 5.74) is 5.23. The summed E-state index contributed by atoms with van der Waals surface area (Å²) in [4.78, 5) is 16.0. The average molecular weight is 538 g/mol. The molecule has 8 heteroatoms. The van der Waals surface area contributed by atoms with E-state index in [9.17, 15) is 4.79 Å².